The predicted molar refractivity (Wildman–Crippen MR) is 123 cm³/mol. The summed E-state index contributed by atoms with van der Waals surface area (Å²) >= 11 is 12.5. The number of halogens is 2. The number of anilines is 1. The Bertz CT molecular complexity index is 1150. The molecular formula is C22H20Cl2N4O3. The standard InChI is InChI=1S/C22H20Cl2N4O3/c1-13-11-15(14(2)28(13)19-6-4-5-18(23)20(19)24)12-25-27-22(30)21(29)26-16-7-9-17(31-3)10-8-16/h4-12H,1-3H3,(H,26,29)(H,27,30)/b25-12-. The summed E-state index contributed by atoms with van der Waals surface area (Å²) in [7, 11) is 1.54. The zero-order valence-corrected chi connectivity index (χ0v) is 18.6. The summed E-state index contributed by atoms with van der Waals surface area (Å²) in [5.74, 6) is -1.08. The lowest BCUT2D eigenvalue weighted by Crippen LogP contribution is -2.32. The molecule has 3 rings (SSSR count). The number of methoxy groups -OCH3 is 1. The van der Waals surface area contributed by atoms with Crippen LogP contribution < -0.4 is 15.5 Å². The third-order valence-electron chi connectivity index (χ3n) is 4.57. The topological polar surface area (TPSA) is 84.7 Å². The van der Waals surface area contributed by atoms with Crippen molar-refractivity contribution in [2.45, 2.75) is 13.8 Å². The van der Waals surface area contributed by atoms with E-state index in [-0.39, 0.29) is 0 Å². The second-order valence-electron chi connectivity index (χ2n) is 6.62. The number of carbonyl (C=O) groups excluding carboxylic acids is 2. The third kappa shape index (κ3) is 5.07. The quantitative estimate of drug-likeness (QED) is 0.335. The molecule has 0 fully saturated rings. The zero-order chi connectivity index (χ0) is 22.5. The van der Waals surface area contributed by atoms with Crippen LogP contribution in [-0.4, -0.2) is 29.7 Å². The molecule has 0 unspecified atom stereocenters. The van der Waals surface area contributed by atoms with Gasteiger partial charge < -0.3 is 14.6 Å². The molecule has 2 aromatic carbocycles. The molecule has 2 amide bonds. The Morgan fingerprint density at radius 1 is 1.06 bits per heavy atom. The summed E-state index contributed by atoms with van der Waals surface area (Å²) in [6, 6.07) is 13.9. The van der Waals surface area contributed by atoms with Crippen LogP contribution in [0.15, 0.2) is 53.6 Å². The first kappa shape index (κ1) is 22.4. The lowest BCUT2D eigenvalue weighted by molar-refractivity contribution is -0.136. The number of benzene rings is 2. The molecule has 0 bridgehead atoms. The lowest BCUT2D eigenvalue weighted by atomic mass is 10.2. The highest BCUT2D eigenvalue weighted by Crippen LogP contribution is 2.31. The first-order chi connectivity index (χ1) is 14.8. The number of hydrogen-bond donors (Lipinski definition) is 2. The molecule has 0 saturated heterocycles. The Kier molecular flexibility index (Phi) is 6.99. The fourth-order valence-electron chi connectivity index (χ4n) is 3.03. The van der Waals surface area contributed by atoms with Crippen molar-refractivity contribution in [3.8, 4) is 11.4 Å². The molecule has 160 valence electrons. The Hall–Kier alpha value is -3.29. The van der Waals surface area contributed by atoms with Crippen LogP contribution in [0.1, 0.15) is 17.0 Å². The van der Waals surface area contributed by atoms with Crippen LogP contribution in [0.3, 0.4) is 0 Å². The highest BCUT2D eigenvalue weighted by molar-refractivity contribution is 6.43. The summed E-state index contributed by atoms with van der Waals surface area (Å²) in [5, 5.41) is 7.29. The average molecular weight is 459 g/mol. The Morgan fingerprint density at radius 2 is 1.77 bits per heavy atom. The van der Waals surface area contributed by atoms with Gasteiger partial charge in [-0.1, -0.05) is 29.3 Å². The molecule has 0 aliphatic heterocycles. The van der Waals surface area contributed by atoms with Gasteiger partial charge in [0.2, 0.25) is 0 Å². The summed E-state index contributed by atoms with van der Waals surface area (Å²) < 4.78 is 6.99. The van der Waals surface area contributed by atoms with Gasteiger partial charge in [0, 0.05) is 22.6 Å². The van der Waals surface area contributed by atoms with Gasteiger partial charge in [0.1, 0.15) is 5.75 Å². The number of hydrogen-bond acceptors (Lipinski definition) is 4. The number of amides is 2. The van der Waals surface area contributed by atoms with Gasteiger partial charge in [-0.3, -0.25) is 9.59 Å². The van der Waals surface area contributed by atoms with Gasteiger partial charge in [0.25, 0.3) is 0 Å². The fraction of sp³-hybridized carbons (Fsp3) is 0.136. The van der Waals surface area contributed by atoms with Gasteiger partial charge >= 0.3 is 11.8 Å². The highest BCUT2D eigenvalue weighted by atomic mass is 35.5. The Labute approximate surface area is 189 Å². The van der Waals surface area contributed by atoms with Crippen LogP contribution in [0.5, 0.6) is 5.75 Å². The van der Waals surface area contributed by atoms with E-state index in [0.717, 1.165) is 22.6 Å². The van der Waals surface area contributed by atoms with Crippen LogP contribution in [0.25, 0.3) is 5.69 Å². The summed E-state index contributed by atoms with van der Waals surface area (Å²) in [4.78, 5) is 24.1. The van der Waals surface area contributed by atoms with E-state index in [1.165, 1.54) is 6.21 Å². The van der Waals surface area contributed by atoms with E-state index in [4.69, 9.17) is 27.9 Å². The summed E-state index contributed by atoms with van der Waals surface area (Å²) in [6.45, 7) is 3.81. The maximum Gasteiger partial charge on any atom is 0.329 e. The maximum absolute atomic E-state index is 12.0. The molecule has 0 spiro atoms. The number of aryl methyl sites for hydroxylation is 1. The second-order valence-corrected chi connectivity index (χ2v) is 7.40. The Morgan fingerprint density at radius 3 is 2.45 bits per heavy atom. The van der Waals surface area contributed by atoms with E-state index >= 15 is 0 Å². The van der Waals surface area contributed by atoms with Gasteiger partial charge in [-0.2, -0.15) is 5.10 Å². The Balaban J connectivity index is 1.68. The number of ether oxygens (including phenoxy) is 1. The fourth-order valence-corrected chi connectivity index (χ4v) is 3.41. The predicted octanol–water partition coefficient (Wildman–Crippen LogP) is 4.50. The number of nitrogens with one attached hydrogen (secondary N) is 2. The van der Waals surface area contributed by atoms with E-state index in [2.05, 4.69) is 15.8 Å². The molecule has 0 radical (unpaired) electrons. The SMILES string of the molecule is COc1ccc(NC(=O)C(=O)N/N=C\c2cc(C)n(-c3cccc(Cl)c3Cl)c2C)cc1. The molecule has 0 saturated carbocycles. The molecule has 7 nitrogen and oxygen atoms in total. The van der Waals surface area contributed by atoms with E-state index in [1.807, 2.05) is 36.6 Å². The molecule has 9 heteroatoms. The molecular weight excluding hydrogens is 439 g/mol. The molecule has 2 N–H and O–H groups in total. The minimum Gasteiger partial charge on any atom is -0.497 e. The molecule has 31 heavy (non-hydrogen) atoms. The van der Waals surface area contributed by atoms with Crippen LogP contribution in [0.2, 0.25) is 10.0 Å². The van der Waals surface area contributed by atoms with E-state index in [1.54, 1.807) is 37.4 Å². The average Bonchev–Trinajstić information content (AvgIpc) is 3.03. The van der Waals surface area contributed by atoms with Gasteiger partial charge in [0.15, 0.2) is 0 Å². The summed E-state index contributed by atoms with van der Waals surface area (Å²) in [6.07, 6.45) is 1.47. The van der Waals surface area contributed by atoms with E-state index in [9.17, 15) is 9.59 Å². The van der Waals surface area contributed by atoms with Gasteiger partial charge in [-0.15, -0.1) is 0 Å². The number of hydrazone groups is 1. The second kappa shape index (κ2) is 9.68. The van der Waals surface area contributed by atoms with Crippen LogP contribution in [-0.2, 0) is 9.59 Å². The molecule has 1 heterocycles. The first-order valence-corrected chi connectivity index (χ1v) is 9.99. The van der Waals surface area contributed by atoms with Crippen molar-refractivity contribution in [3.63, 3.8) is 0 Å². The molecule has 0 aliphatic carbocycles. The van der Waals surface area contributed by atoms with Crippen molar-refractivity contribution in [1.29, 1.82) is 0 Å². The summed E-state index contributed by atoms with van der Waals surface area (Å²) in [5.41, 5.74) is 5.95. The lowest BCUT2D eigenvalue weighted by Gasteiger charge is -2.12. The van der Waals surface area contributed by atoms with Crippen molar-refractivity contribution in [2.75, 3.05) is 12.4 Å². The monoisotopic (exact) mass is 458 g/mol. The smallest absolute Gasteiger partial charge is 0.329 e. The first-order valence-electron chi connectivity index (χ1n) is 9.23. The van der Waals surface area contributed by atoms with Crippen molar-refractivity contribution in [2.24, 2.45) is 5.10 Å². The number of nitrogens with zero attached hydrogens (tertiary/aromatic N) is 2. The van der Waals surface area contributed by atoms with Crippen LogP contribution in [0, 0.1) is 13.8 Å². The largest absolute Gasteiger partial charge is 0.497 e. The van der Waals surface area contributed by atoms with Gasteiger partial charge in [-0.05, 0) is 56.3 Å². The number of rotatable bonds is 5. The number of aromatic nitrogens is 1. The zero-order valence-electron chi connectivity index (χ0n) is 17.1. The van der Waals surface area contributed by atoms with Crippen LogP contribution in [0.4, 0.5) is 5.69 Å². The normalized spacial score (nSPS) is 10.9. The van der Waals surface area contributed by atoms with Crippen molar-refractivity contribution in [1.82, 2.24) is 9.99 Å². The highest BCUT2D eigenvalue weighted by Gasteiger charge is 2.15. The molecule has 0 atom stereocenters. The third-order valence-corrected chi connectivity index (χ3v) is 5.38. The van der Waals surface area contributed by atoms with E-state index in [0.29, 0.717) is 21.5 Å². The van der Waals surface area contributed by atoms with Crippen LogP contribution >= 0.6 is 23.2 Å². The van der Waals surface area contributed by atoms with Gasteiger partial charge in [-0.25, -0.2) is 5.43 Å². The van der Waals surface area contributed by atoms with Crippen molar-refractivity contribution < 1.29 is 14.3 Å². The molecule has 1 aromatic heterocycles. The maximum atomic E-state index is 12.0. The molecule has 0 aliphatic rings. The van der Waals surface area contributed by atoms with Crippen molar-refractivity contribution >= 4 is 46.9 Å². The van der Waals surface area contributed by atoms with Crippen molar-refractivity contribution in [3.05, 3.63) is 75.5 Å². The van der Waals surface area contributed by atoms with E-state index < -0.39 is 11.8 Å². The minimum atomic E-state index is -0.890. The van der Waals surface area contributed by atoms with Gasteiger partial charge in [0.05, 0.1) is 29.1 Å². The number of carbonyl (C=O) groups is 2. The molecule has 3 aromatic rings. The minimum absolute atomic E-state index is 0.443.